The standard InChI is InChI=1S/C10H20N2O/c1-10(3-2-4-11-10)9-12-5-7-13-8-6-12/h11H,2-9H2,1H3. The minimum Gasteiger partial charge on any atom is -0.379 e. The highest BCUT2D eigenvalue weighted by Crippen LogP contribution is 2.20. The van der Waals surface area contributed by atoms with E-state index in [-0.39, 0.29) is 0 Å². The lowest BCUT2D eigenvalue weighted by molar-refractivity contribution is 0.0271. The predicted molar refractivity (Wildman–Crippen MR) is 52.9 cm³/mol. The molecule has 0 aromatic heterocycles. The van der Waals surface area contributed by atoms with E-state index in [1.54, 1.807) is 0 Å². The van der Waals surface area contributed by atoms with E-state index in [2.05, 4.69) is 17.1 Å². The van der Waals surface area contributed by atoms with E-state index in [1.807, 2.05) is 0 Å². The van der Waals surface area contributed by atoms with Crippen LogP contribution in [0.5, 0.6) is 0 Å². The lowest BCUT2D eigenvalue weighted by Gasteiger charge is -2.34. The van der Waals surface area contributed by atoms with Gasteiger partial charge in [0.05, 0.1) is 13.2 Å². The van der Waals surface area contributed by atoms with Crippen molar-refractivity contribution in [1.82, 2.24) is 10.2 Å². The first kappa shape index (κ1) is 9.44. The third-order valence-corrected chi connectivity index (χ3v) is 3.13. The Morgan fingerprint density at radius 2 is 2.15 bits per heavy atom. The van der Waals surface area contributed by atoms with E-state index < -0.39 is 0 Å². The van der Waals surface area contributed by atoms with Crippen LogP contribution in [0.25, 0.3) is 0 Å². The first-order valence-corrected chi connectivity index (χ1v) is 5.34. The topological polar surface area (TPSA) is 24.5 Å². The normalized spacial score (nSPS) is 36.7. The molecule has 2 aliphatic heterocycles. The summed E-state index contributed by atoms with van der Waals surface area (Å²) in [7, 11) is 0. The minimum atomic E-state index is 0.372. The zero-order valence-electron chi connectivity index (χ0n) is 8.51. The summed E-state index contributed by atoms with van der Waals surface area (Å²) in [4.78, 5) is 2.52. The van der Waals surface area contributed by atoms with E-state index in [0.29, 0.717) is 5.54 Å². The van der Waals surface area contributed by atoms with E-state index >= 15 is 0 Å². The van der Waals surface area contributed by atoms with Crippen molar-refractivity contribution in [3.8, 4) is 0 Å². The molecule has 13 heavy (non-hydrogen) atoms. The molecule has 1 atom stereocenters. The molecule has 0 radical (unpaired) electrons. The van der Waals surface area contributed by atoms with Gasteiger partial charge in [0.1, 0.15) is 0 Å². The highest BCUT2D eigenvalue weighted by Gasteiger charge is 2.30. The molecule has 0 spiro atoms. The van der Waals surface area contributed by atoms with E-state index in [0.717, 1.165) is 26.3 Å². The SMILES string of the molecule is CC1(CN2CCOCC2)CCCN1. The molecule has 3 heteroatoms. The van der Waals surface area contributed by atoms with Gasteiger partial charge in [0.15, 0.2) is 0 Å². The second-order valence-corrected chi connectivity index (χ2v) is 4.48. The smallest absolute Gasteiger partial charge is 0.0594 e. The Balaban J connectivity index is 1.81. The van der Waals surface area contributed by atoms with Gasteiger partial charge in [0.2, 0.25) is 0 Å². The quantitative estimate of drug-likeness (QED) is 0.675. The van der Waals surface area contributed by atoms with Crippen molar-refractivity contribution in [3.05, 3.63) is 0 Å². The molecule has 1 unspecified atom stereocenters. The number of morpholine rings is 1. The van der Waals surface area contributed by atoms with Gasteiger partial charge in [-0.25, -0.2) is 0 Å². The fourth-order valence-corrected chi connectivity index (χ4v) is 2.34. The number of nitrogens with zero attached hydrogens (tertiary/aromatic N) is 1. The summed E-state index contributed by atoms with van der Waals surface area (Å²) in [6, 6.07) is 0. The summed E-state index contributed by atoms with van der Waals surface area (Å²) in [5, 5.41) is 3.60. The third kappa shape index (κ3) is 2.42. The number of rotatable bonds is 2. The molecule has 0 bridgehead atoms. The van der Waals surface area contributed by atoms with E-state index in [1.165, 1.54) is 25.9 Å². The summed E-state index contributed by atoms with van der Waals surface area (Å²) >= 11 is 0. The Bertz CT molecular complexity index is 160. The summed E-state index contributed by atoms with van der Waals surface area (Å²) in [6.45, 7) is 8.77. The molecule has 0 aliphatic carbocycles. The van der Waals surface area contributed by atoms with Gasteiger partial charge in [-0.15, -0.1) is 0 Å². The fraction of sp³-hybridized carbons (Fsp3) is 1.00. The fourth-order valence-electron chi connectivity index (χ4n) is 2.34. The number of nitrogens with one attached hydrogen (secondary N) is 1. The van der Waals surface area contributed by atoms with Crippen LogP contribution in [0.2, 0.25) is 0 Å². The van der Waals surface area contributed by atoms with Gasteiger partial charge in [0.25, 0.3) is 0 Å². The van der Waals surface area contributed by atoms with E-state index in [4.69, 9.17) is 4.74 Å². The number of hydrogen-bond acceptors (Lipinski definition) is 3. The average molecular weight is 184 g/mol. The molecule has 0 aromatic carbocycles. The molecule has 3 nitrogen and oxygen atoms in total. The van der Waals surface area contributed by atoms with Crippen LogP contribution in [0.3, 0.4) is 0 Å². The van der Waals surface area contributed by atoms with Gasteiger partial charge in [-0.3, -0.25) is 4.90 Å². The lowest BCUT2D eigenvalue weighted by Crippen LogP contribution is -2.50. The molecular formula is C10H20N2O. The van der Waals surface area contributed by atoms with Crippen molar-refractivity contribution in [2.75, 3.05) is 39.4 Å². The average Bonchev–Trinajstić information content (AvgIpc) is 2.54. The molecule has 2 heterocycles. The van der Waals surface area contributed by atoms with Gasteiger partial charge in [-0.2, -0.15) is 0 Å². The molecule has 1 N–H and O–H groups in total. The van der Waals surface area contributed by atoms with Crippen molar-refractivity contribution in [1.29, 1.82) is 0 Å². The van der Waals surface area contributed by atoms with Gasteiger partial charge in [0, 0.05) is 25.2 Å². The van der Waals surface area contributed by atoms with Gasteiger partial charge in [-0.1, -0.05) is 0 Å². The summed E-state index contributed by atoms with van der Waals surface area (Å²) in [6.07, 6.45) is 2.66. The van der Waals surface area contributed by atoms with Crippen LogP contribution < -0.4 is 5.32 Å². The lowest BCUT2D eigenvalue weighted by atomic mass is 9.99. The van der Waals surface area contributed by atoms with Gasteiger partial charge < -0.3 is 10.1 Å². The van der Waals surface area contributed by atoms with Gasteiger partial charge >= 0.3 is 0 Å². The van der Waals surface area contributed by atoms with Crippen molar-refractivity contribution < 1.29 is 4.74 Å². The first-order valence-electron chi connectivity index (χ1n) is 5.34. The maximum Gasteiger partial charge on any atom is 0.0594 e. The minimum absolute atomic E-state index is 0.372. The Kier molecular flexibility index (Phi) is 2.86. The molecule has 2 saturated heterocycles. The number of hydrogen-bond donors (Lipinski definition) is 1. The molecule has 2 aliphatic rings. The van der Waals surface area contributed by atoms with Crippen LogP contribution in [-0.2, 0) is 4.74 Å². The zero-order chi connectivity index (χ0) is 9.15. The maximum atomic E-state index is 5.34. The number of ether oxygens (including phenoxy) is 1. The molecule has 2 fully saturated rings. The Morgan fingerprint density at radius 1 is 1.38 bits per heavy atom. The maximum absolute atomic E-state index is 5.34. The van der Waals surface area contributed by atoms with Crippen molar-refractivity contribution in [3.63, 3.8) is 0 Å². The second kappa shape index (κ2) is 3.95. The second-order valence-electron chi connectivity index (χ2n) is 4.48. The highest BCUT2D eigenvalue weighted by atomic mass is 16.5. The third-order valence-electron chi connectivity index (χ3n) is 3.13. The van der Waals surface area contributed by atoms with Gasteiger partial charge in [-0.05, 0) is 26.3 Å². The predicted octanol–water partition coefficient (Wildman–Crippen LogP) is 0.461. The molecule has 2 rings (SSSR count). The molecular weight excluding hydrogens is 164 g/mol. The summed E-state index contributed by atoms with van der Waals surface area (Å²) in [5.41, 5.74) is 0.372. The van der Waals surface area contributed by atoms with Crippen LogP contribution in [-0.4, -0.2) is 49.8 Å². The molecule has 76 valence electrons. The van der Waals surface area contributed by atoms with Crippen LogP contribution >= 0.6 is 0 Å². The summed E-state index contributed by atoms with van der Waals surface area (Å²) < 4.78 is 5.34. The largest absolute Gasteiger partial charge is 0.379 e. The van der Waals surface area contributed by atoms with Crippen molar-refractivity contribution >= 4 is 0 Å². The first-order chi connectivity index (χ1) is 6.29. The Hall–Kier alpha value is -0.120. The van der Waals surface area contributed by atoms with Crippen LogP contribution in [0.1, 0.15) is 19.8 Å². The summed E-state index contributed by atoms with van der Waals surface area (Å²) in [5.74, 6) is 0. The van der Waals surface area contributed by atoms with Crippen LogP contribution in [0.15, 0.2) is 0 Å². The molecule has 0 saturated carbocycles. The highest BCUT2D eigenvalue weighted by molar-refractivity contribution is 4.91. The monoisotopic (exact) mass is 184 g/mol. The molecule has 0 aromatic rings. The van der Waals surface area contributed by atoms with Crippen LogP contribution in [0.4, 0.5) is 0 Å². The zero-order valence-corrected chi connectivity index (χ0v) is 8.51. The van der Waals surface area contributed by atoms with Crippen molar-refractivity contribution in [2.24, 2.45) is 0 Å². The molecule has 0 amide bonds. The van der Waals surface area contributed by atoms with E-state index in [9.17, 15) is 0 Å². The Labute approximate surface area is 80.4 Å². The van der Waals surface area contributed by atoms with Crippen molar-refractivity contribution in [2.45, 2.75) is 25.3 Å². The Morgan fingerprint density at radius 3 is 2.77 bits per heavy atom. The van der Waals surface area contributed by atoms with Crippen LogP contribution in [0, 0.1) is 0 Å².